The molecule has 0 bridgehead atoms. The zero-order valence-corrected chi connectivity index (χ0v) is 12.2. The van der Waals surface area contributed by atoms with Crippen LogP contribution < -0.4 is 11.1 Å². The monoisotopic (exact) mass is 320 g/mol. The zero-order valence-electron chi connectivity index (χ0n) is 9.78. The predicted octanol–water partition coefficient (Wildman–Crippen LogP) is 2.27. The topological polar surface area (TPSA) is 55.1 Å². The fourth-order valence-electron chi connectivity index (χ4n) is 1.36. The third-order valence-corrected chi connectivity index (χ3v) is 2.78. The van der Waals surface area contributed by atoms with Crippen molar-refractivity contribution in [3.05, 3.63) is 34.3 Å². The van der Waals surface area contributed by atoms with Crippen LogP contribution in [0.3, 0.4) is 0 Å². The van der Waals surface area contributed by atoms with Crippen LogP contribution in [0.5, 0.6) is 0 Å². The summed E-state index contributed by atoms with van der Waals surface area (Å²) in [4.78, 5) is 11.5. The second kappa shape index (κ2) is 8.50. The third-order valence-electron chi connectivity index (χ3n) is 2.29. The molecule has 0 aromatic heterocycles. The number of aryl methyl sites for hydroxylation is 1. The summed E-state index contributed by atoms with van der Waals surface area (Å²) < 4.78 is 1.04. The number of hydrogen-bond acceptors (Lipinski definition) is 2. The van der Waals surface area contributed by atoms with Gasteiger partial charge in [-0.2, -0.15) is 0 Å². The Bertz CT molecular complexity index is 360. The van der Waals surface area contributed by atoms with Crippen LogP contribution >= 0.6 is 28.3 Å². The summed E-state index contributed by atoms with van der Waals surface area (Å²) in [6.07, 6.45) is 1.25. The zero-order chi connectivity index (χ0) is 12.0. The molecule has 0 saturated heterocycles. The Kier molecular flexibility index (Phi) is 8.21. The first kappa shape index (κ1) is 16.4. The summed E-state index contributed by atoms with van der Waals surface area (Å²) >= 11 is 3.40. The van der Waals surface area contributed by atoms with E-state index in [0.29, 0.717) is 13.0 Å². The Morgan fingerprint density at radius 2 is 2.24 bits per heavy atom. The van der Waals surface area contributed by atoms with Crippen molar-refractivity contribution in [2.75, 3.05) is 6.54 Å². The number of nitrogens with two attached hydrogens (primary N) is 1. The molecule has 0 unspecified atom stereocenters. The van der Waals surface area contributed by atoms with E-state index < -0.39 is 0 Å². The number of benzene rings is 1. The fraction of sp³-hybridized carbons (Fsp3) is 0.417. The van der Waals surface area contributed by atoms with Crippen molar-refractivity contribution in [3.63, 3.8) is 0 Å². The van der Waals surface area contributed by atoms with Crippen molar-refractivity contribution in [2.45, 2.75) is 25.8 Å². The van der Waals surface area contributed by atoms with Crippen molar-refractivity contribution < 1.29 is 4.79 Å². The van der Waals surface area contributed by atoms with Crippen molar-refractivity contribution in [3.8, 4) is 0 Å². The van der Waals surface area contributed by atoms with E-state index in [-0.39, 0.29) is 24.4 Å². The number of carbonyl (C=O) groups is 1. The van der Waals surface area contributed by atoms with Gasteiger partial charge >= 0.3 is 0 Å². The van der Waals surface area contributed by atoms with Gasteiger partial charge in [-0.3, -0.25) is 4.79 Å². The number of hydrogen-bond donors (Lipinski definition) is 2. The van der Waals surface area contributed by atoms with Gasteiger partial charge in [-0.1, -0.05) is 28.1 Å². The Labute approximate surface area is 117 Å². The maximum Gasteiger partial charge on any atom is 0.220 e. The van der Waals surface area contributed by atoms with Crippen molar-refractivity contribution >= 4 is 34.2 Å². The second-order valence-electron chi connectivity index (χ2n) is 3.83. The normalized spacial score (nSPS) is 11.5. The van der Waals surface area contributed by atoms with Crippen molar-refractivity contribution in [1.82, 2.24) is 5.32 Å². The maximum absolute atomic E-state index is 11.5. The largest absolute Gasteiger partial charge is 0.352 e. The number of amides is 1. The molecule has 0 spiro atoms. The number of nitrogens with one attached hydrogen (secondary N) is 1. The van der Waals surface area contributed by atoms with Crippen LogP contribution in [0.1, 0.15) is 18.9 Å². The summed E-state index contributed by atoms with van der Waals surface area (Å²) in [6, 6.07) is 8.04. The molecule has 0 aliphatic heterocycles. The molecular weight excluding hydrogens is 304 g/mol. The lowest BCUT2D eigenvalue weighted by molar-refractivity contribution is -0.121. The highest BCUT2D eigenvalue weighted by atomic mass is 79.9. The Morgan fingerprint density at radius 3 is 2.82 bits per heavy atom. The molecular formula is C12H18BrClN2O. The number of carbonyl (C=O) groups excluding carboxylic acids is 1. The van der Waals surface area contributed by atoms with Gasteiger partial charge in [0.15, 0.2) is 0 Å². The van der Waals surface area contributed by atoms with Crippen molar-refractivity contribution in [1.29, 1.82) is 0 Å². The molecule has 3 nitrogen and oxygen atoms in total. The standard InChI is InChI=1S/C12H17BrN2O.ClH/c1-9(8-14)15-12(16)6-5-10-3-2-4-11(13)7-10;/h2-4,7,9H,5-6,8,14H2,1H3,(H,15,16);1H/t9-;/m0./s1. The molecule has 96 valence electrons. The molecule has 1 amide bonds. The van der Waals surface area contributed by atoms with Crippen LogP contribution in [-0.2, 0) is 11.2 Å². The average Bonchev–Trinajstić information content (AvgIpc) is 2.26. The molecule has 0 heterocycles. The molecule has 0 aliphatic carbocycles. The smallest absolute Gasteiger partial charge is 0.220 e. The first-order valence-electron chi connectivity index (χ1n) is 5.35. The van der Waals surface area contributed by atoms with Gasteiger partial charge in [0.25, 0.3) is 0 Å². The molecule has 1 rings (SSSR count). The fourth-order valence-corrected chi connectivity index (χ4v) is 1.80. The molecule has 17 heavy (non-hydrogen) atoms. The van der Waals surface area contributed by atoms with Gasteiger partial charge in [0.1, 0.15) is 0 Å². The highest BCUT2D eigenvalue weighted by Crippen LogP contribution is 2.12. The molecule has 5 heteroatoms. The van der Waals surface area contributed by atoms with Crippen LogP contribution in [0.2, 0.25) is 0 Å². The highest BCUT2D eigenvalue weighted by Gasteiger charge is 2.05. The van der Waals surface area contributed by atoms with Crippen LogP contribution in [0, 0.1) is 0 Å². The van der Waals surface area contributed by atoms with Gasteiger partial charge in [-0.05, 0) is 31.0 Å². The predicted molar refractivity (Wildman–Crippen MR) is 76.4 cm³/mol. The lowest BCUT2D eigenvalue weighted by Gasteiger charge is -2.11. The van der Waals surface area contributed by atoms with Crippen LogP contribution in [-0.4, -0.2) is 18.5 Å². The lowest BCUT2D eigenvalue weighted by atomic mass is 10.1. The summed E-state index contributed by atoms with van der Waals surface area (Å²) in [6.45, 7) is 2.37. The number of halogens is 2. The van der Waals surface area contributed by atoms with Gasteiger partial charge in [0, 0.05) is 23.5 Å². The van der Waals surface area contributed by atoms with Crippen LogP contribution in [0.15, 0.2) is 28.7 Å². The van der Waals surface area contributed by atoms with Crippen LogP contribution in [0.4, 0.5) is 0 Å². The quantitative estimate of drug-likeness (QED) is 0.874. The van der Waals surface area contributed by atoms with Gasteiger partial charge in [-0.15, -0.1) is 12.4 Å². The lowest BCUT2D eigenvalue weighted by Crippen LogP contribution is -2.37. The average molecular weight is 322 g/mol. The molecule has 1 aromatic carbocycles. The molecule has 0 radical (unpaired) electrons. The van der Waals surface area contributed by atoms with E-state index in [1.807, 2.05) is 31.2 Å². The Morgan fingerprint density at radius 1 is 1.53 bits per heavy atom. The van der Waals surface area contributed by atoms with E-state index in [2.05, 4.69) is 21.2 Å². The van der Waals surface area contributed by atoms with Gasteiger partial charge in [-0.25, -0.2) is 0 Å². The molecule has 0 fully saturated rings. The van der Waals surface area contributed by atoms with Crippen LogP contribution in [0.25, 0.3) is 0 Å². The Balaban J connectivity index is 0.00000256. The molecule has 1 aromatic rings. The first-order valence-corrected chi connectivity index (χ1v) is 6.15. The van der Waals surface area contributed by atoms with E-state index >= 15 is 0 Å². The SMILES string of the molecule is C[C@@H](CN)NC(=O)CCc1cccc(Br)c1.Cl. The molecule has 1 atom stereocenters. The van der Waals surface area contributed by atoms with E-state index in [0.717, 1.165) is 16.5 Å². The molecule has 3 N–H and O–H groups in total. The maximum atomic E-state index is 11.5. The minimum absolute atomic E-state index is 0. The highest BCUT2D eigenvalue weighted by molar-refractivity contribution is 9.10. The summed E-state index contributed by atoms with van der Waals surface area (Å²) in [5.74, 6) is 0.0536. The molecule has 0 aliphatic rings. The van der Waals surface area contributed by atoms with E-state index in [1.54, 1.807) is 0 Å². The van der Waals surface area contributed by atoms with E-state index in [1.165, 1.54) is 0 Å². The third kappa shape index (κ3) is 6.66. The van der Waals surface area contributed by atoms with E-state index in [4.69, 9.17) is 5.73 Å². The minimum Gasteiger partial charge on any atom is -0.352 e. The van der Waals surface area contributed by atoms with E-state index in [9.17, 15) is 4.79 Å². The van der Waals surface area contributed by atoms with Gasteiger partial charge < -0.3 is 11.1 Å². The summed E-state index contributed by atoms with van der Waals surface area (Å²) in [7, 11) is 0. The second-order valence-corrected chi connectivity index (χ2v) is 4.75. The Hall–Kier alpha value is -0.580. The summed E-state index contributed by atoms with van der Waals surface area (Å²) in [5.41, 5.74) is 6.58. The number of rotatable bonds is 5. The van der Waals surface area contributed by atoms with Gasteiger partial charge in [0.2, 0.25) is 5.91 Å². The minimum atomic E-state index is 0. The molecule has 0 saturated carbocycles. The summed E-state index contributed by atoms with van der Waals surface area (Å²) in [5, 5.41) is 2.84. The van der Waals surface area contributed by atoms with Crippen molar-refractivity contribution in [2.24, 2.45) is 5.73 Å². The first-order chi connectivity index (χ1) is 7.61. The van der Waals surface area contributed by atoms with Gasteiger partial charge in [0.05, 0.1) is 0 Å².